The van der Waals surface area contributed by atoms with Gasteiger partial charge in [0.05, 0.1) is 5.71 Å². The number of nitrogens with zero attached hydrogens (tertiary/aromatic N) is 2. The summed E-state index contributed by atoms with van der Waals surface area (Å²) in [6.45, 7) is 6.15. The van der Waals surface area contributed by atoms with E-state index in [2.05, 4.69) is 45.1 Å². The van der Waals surface area contributed by atoms with Gasteiger partial charge in [-0.15, -0.1) is 0 Å². The van der Waals surface area contributed by atoms with Crippen molar-refractivity contribution in [2.24, 2.45) is 5.16 Å². The van der Waals surface area contributed by atoms with Gasteiger partial charge in [-0.25, -0.2) is 0 Å². The van der Waals surface area contributed by atoms with Crippen LogP contribution in [0, 0.1) is 0 Å². The number of carbonyl (C=O) groups excluding carboxylic acids is 1. The van der Waals surface area contributed by atoms with Gasteiger partial charge < -0.3 is 15.1 Å². The molecule has 3 rings (SSSR count). The highest BCUT2D eigenvalue weighted by Crippen LogP contribution is 2.22. The van der Waals surface area contributed by atoms with Gasteiger partial charge in [0.25, 0.3) is 5.91 Å². The summed E-state index contributed by atoms with van der Waals surface area (Å²) in [5.74, 6) is -0.186. The molecule has 0 aromatic heterocycles. The summed E-state index contributed by atoms with van der Waals surface area (Å²) in [5, 5.41) is 6.98. The van der Waals surface area contributed by atoms with Crippen molar-refractivity contribution in [3.05, 3.63) is 58.6 Å². The molecule has 0 bridgehead atoms. The highest BCUT2D eigenvalue weighted by Gasteiger charge is 2.29. The summed E-state index contributed by atoms with van der Waals surface area (Å²) in [4.78, 5) is 20.1. The molecule has 1 unspecified atom stereocenters. The number of rotatable bonds is 6. The summed E-state index contributed by atoms with van der Waals surface area (Å²) >= 11 is 3.45. The van der Waals surface area contributed by atoms with Crippen LogP contribution in [0.4, 0.5) is 11.4 Å². The smallest absolute Gasteiger partial charge is 0.268 e. The first-order valence-corrected chi connectivity index (χ1v) is 9.54. The number of hydrogen-bond donors (Lipinski definition) is 1. The van der Waals surface area contributed by atoms with Crippen LogP contribution in [0.15, 0.2) is 58.2 Å². The van der Waals surface area contributed by atoms with Crippen LogP contribution in [0.1, 0.15) is 25.8 Å². The first-order chi connectivity index (χ1) is 12.6. The van der Waals surface area contributed by atoms with Crippen LogP contribution >= 0.6 is 15.9 Å². The molecule has 1 N–H and O–H groups in total. The molecule has 0 fully saturated rings. The van der Waals surface area contributed by atoms with Crippen molar-refractivity contribution in [1.82, 2.24) is 0 Å². The maximum absolute atomic E-state index is 12.5. The quantitative estimate of drug-likeness (QED) is 0.758. The van der Waals surface area contributed by atoms with Gasteiger partial charge in [0.1, 0.15) is 0 Å². The van der Waals surface area contributed by atoms with Crippen molar-refractivity contribution in [1.29, 1.82) is 0 Å². The Labute approximate surface area is 162 Å². The summed E-state index contributed by atoms with van der Waals surface area (Å²) in [7, 11) is 0. The molecule has 5 nitrogen and oxygen atoms in total. The maximum Gasteiger partial charge on any atom is 0.268 e. The van der Waals surface area contributed by atoms with E-state index in [9.17, 15) is 4.79 Å². The minimum atomic E-state index is -0.605. The van der Waals surface area contributed by atoms with E-state index in [1.807, 2.05) is 48.5 Å². The number of nitrogens with one attached hydrogen (secondary N) is 1. The van der Waals surface area contributed by atoms with E-state index in [0.717, 1.165) is 40.2 Å². The summed E-state index contributed by atoms with van der Waals surface area (Å²) in [6, 6.07) is 15.7. The molecule has 1 atom stereocenters. The van der Waals surface area contributed by atoms with Crippen molar-refractivity contribution in [3.63, 3.8) is 0 Å². The van der Waals surface area contributed by atoms with Crippen LogP contribution in [-0.2, 0) is 9.63 Å². The number of benzene rings is 2. The molecule has 6 heteroatoms. The Bertz CT molecular complexity index is 801. The molecule has 0 spiro atoms. The Morgan fingerprint density at radius 2 is 1.96 bits per heavy atom. The second-order valence-electron chi connectivity index (χ2n) is 6.05. The Balaban J connectivity index is 1.59. The second kappa shape index (κ2) is 8.36. The molecule has 0 aliphatic carbocycles. The zero-order valence-electron chi connectivity index (χ0n) is 14.9. The van der Waals surface area contributed by atoms with Crippen molar-refractivity contribution < 1.29 is 9.63 Å². The van der Waals surface area contributed by atoms with E-state index in [0.29, 0.717) is 6.42 Å². The highest BCUT2D eigenvalue weighted by molar-refractivity contribution is 9.10. The van der Waals surface area contributed by atoms with Gasteiger partial charge in [-0.05, 0) is 50.2 Å². The first kappa shape index (κ1) is 18.5. The van der Waals surface area contributed by atoms with Gasteiger partial charge >= 0.3 is 0 Å². The Morgan fingerprint density at radius 1 is 1.23 bits per heavy atom. The molecule has 136 valence electrons. The molecule has 1 heterocycles. The van der Waals surface area contributed by atoms with Gasteiger partial charge in [-0.2, -0.15) is 0 Å². The molecule has 0 saturated carbocycles. The molecule has 2 aromatic rings. The number of halogens is 1. The third-order valence-corrected chi connectivity index (χ3v) is 4.88. The molecule has 1 aliphatic rings. The van der Waals surface area contributed by atoms with Gasteiger partial charge in [0.2, 0.25) is 6.10 Å². The first-order valence-electron chi connectivity index (χ1n) is 8.75. The van der Waals surface area contributed by atoms with E-state index in [1.54, 1.807) is 0 Å². The fourth-order valence-corrected chi connectivity index (χ4v) is 3.32. The normalized spacial score (nSPS) is 16.0. The van der Waals surface area contributed by atoms with E-state index in [-0.39, 0.29) is 5.91 Å². The second-order valence-corrected chi connectivity index (χ2v) is 6.97. The Kier molecular flexibility index (Phi) is 5.93. The number of oxime groups is 1. The maximum atomic E-state index is 12.5. The average Bonchev–Trinajstić information content (AvgIpc) is 3.14. The summed E-state index contributed by atoms with van der Waals surface area (Å²) in [5.41, 5.74) is 3.64. The zero-order chi connectivity index (χ0) is 18.5. The molecule has 0 radical (unpaired) electrons. The molecule has 1 aliphatic heterocycles. The van der Waals surface area contributed by atoms with Crippen LogP contribution in [0.2, 0.25) is 0 Å². The Hall–Kier alpha value is -2.34. The fraction of sp³-hybridized carbons (Fsp3) is 0.300. The molecule has 0 saturated heterocycles. The molecular weight excluding hydrogens is 394 g/mol. The molecule has 26 heavy (non-hydrogen) atoms. The lowest BCUT2D eigenvalue weighted by Gasteiger charge is -2.21. The number of anilines is 2. The lowest BCUT2D eigenvalue weighted by Crippen LogP contribution is -2.28. The monoisotopic (exact) mass is 415 g/mol. The average molecular weight is 416 g/mol. The van der Waals surface area contributed by atoms with E-state index >= 15 is 0 Å². The van der Waals surface area contributed by atoms with Crippen LogP contribution in [0.3, 0.4) is 0 Å². The number of carbonyl (C=O) groups is 1. The summed E-state index contributed by atoms with van der Waals surface area (Å²) in [6.07, 6.45) is -0.147. The third-order valence-electron chi connectivity index (χ3n) is 4.38. The molecule has 2 aromatic carbocycles. The largest absolute Gasteiger partial charge is 0.382 e. The van der Waals surface area contributed by atoms with Gasteiger partial charge in [-0.3, -0.25) is 4.79 Å². The van der Waals surface area contributed by atoms with Crippen LogP contribution in [0.25, 0.3) is 0 Å². The standard InChI is InChI=1S/C20H22BrN3O2/c1-3-24(4-2)17-10-8-16(9-11-17)22-20(25)19-13-18(23-26-19)14-6-5-7-15(21)12-14/h5-12,19H,3-4,13H2,1-2H3,(H,22,25). The van der Waals surface area contributed by atoms with Crippen molar-refractivity contribution >= 4 is 38.9 Å². The predicted molar refractivity (Wildman–Crippen MR) is 109 cm³/mol. The predicted octanol–water partition coefficient (Wildman–Crippen LogP) is 4.43. The highest BCUT2D eigenvalue weighted by atomic mass is 79.9. The minimum Gasteiger partial charge on any atom is -0.382 e. The van der Waals surface area contributed by atoms with Crippen LogP contribution in [0.5, 0.6) is 0 Å². The fourth-order valence-electron chi connectivity index (χ4n) is 2.92. The minimum absolute atomic E-state index is 0.186. The van der Waals surface area contributed by atoms with E-state index in [4.69, 9.17) is 4.84 Å². The van der Waals surface area contributed by atoms with Crippen LogP contribution in [-0.4, -0.2) is 30.8 Å². The number of amides is 1. The lowest BCUT2D eigenvalue weighted by molar-refractivity contribution is -0.125. The molecular formula is C20H22BrN3O2. The molecule has 1 amide bonds. The van der Waals surface area contributed by atoms with Gasteiger partial charge in [0, 0.05) is 40.9 Å². The van der Waals surface area contributed by atoms with Crippen molar-refractivity contribution in [2.75, 3.05) is 23.3 Å². The lowest BCUT2D eigenvalue weighted by atomic mass is 10.0. The van der Waals surface area contributed by atoms with Gasteiger partial charge in [0.15, 0.2) is 0 Å². The zero-order valence-corrected chi connectivity index (χ0v) is 16.5. The van der Waals surface area contributed by atoms with Crippen molar-refractivity contribution in [2.45, 2.75) is 26.4 Å². The van der Waals surface area contributed by atoms with Gasteiger partial charge in [-0.1, -0.05) is 33.2 Å². The topological polar surface area (TPSA) is 53.9 Å². The van der Waals surface area contributed by atoms with E-state index in [1.165, 1.54) is 0 Å². The number of hydrogen-bond acceptors (Lipinski definition) is 4. The van der Waals surface area contributed by atoms with Crippen molar-refractivity contribution in [3.8, 4) is 0 Å². The third kappa shape index (κ3) is 4.25. The SMILES string of the molecule is CCN(CC)c1ccc(NC(=O)C2CC(c3cccc(Br)c3)=NO2)cc1. The Morgan fingerprint density at radius 3 is 2.62 bits per heavy atom. The van der Waals surface area contributed by atoms with Crippen LogP contribution < -0.4 is 10.2 Å². The van der Waals surface area contributed by atoms with E-state index < -0.39 is 6.10 Å². The summed E-state index contributed by atoms with van der Waals surface area (Å²) < 4.78 is 0.971.